The van der Waals surface area contributed by atoms with Crippen molar-refractivity contribution in [3.8, 4) is 0 Å². The third-order valence-corrected chi connectivity index (χ3v) is 6.95. The number of nitro benzene ring substituents is 1. The maximum atomic E-state index is 13.8. The van der Waals surface area contributed by atoms with Gasteiger partial charge in [0.2, 0.25) is 5.91 Å². The Morgan fingerprint density at radius 1 is 0.865 bits per heavy atom. The predicted octanol–water partition coefficient (Wildman–Crippen LogP) is 7.08. The molecule has 0 heterocycles. The summed E-state index contributed by atoms with van der Waals surface area (Å²) in [5.41, 5.74) is 2.39. The SMILES string of the molecule is CCC(Sc1cccc(NC(=O)c2ccc([N+](=O)[O-])cc2)c1)C(=O)N(c1ccccc1)c1ccccc1. The smallest absolute Gasteiger partial charge is 0.269 e. The van der Waals surface area contributed by atoms with Gasteiger partial charge < -0.3 is 5.32 Å². The highest BCUT2D eigenvalue weighted by atomic mass is 32.2. The minimum absolute atomic E-state index is 0.0368. The summed E-state index contributed by atoms with van der Waals surface area (Å²) in [7, 11) is 0. The Morgan fingerprint density at radius 3 is 2.00 bits per heavy atom. The van der Waals surface area contributed by atoms with Crippen molar-refractivity contribution in [3.63, 3.8) is 0 Å². The van der Waals surface area contributed by atoms with Gasteiger partial charge in [0, 0.05) is 39.7 Å². The molecule has 4 aromatic rings. The van der Waals surface area contributed by atoms with Gasteiger partial charge in [0.15, 0.2) is 0 Å². The van der Waals surface area contributed by atoms with E-state index < -0.39 is 4.92 Å². The molecule has 0 spiro atoms. The molecule has 0 saturated carbocycles. The second-order valence-electron chi connectivity index (χ2n) is 8.15. The Balaban J connectivity index is 1.52. The molecule has 0 aliphatic heterocycles. The molecule has 0 radical (unpaired) electrons. The van der Waals surface area contributed by atoms with Gasteiger partial charge in [-0.2, -0.15) is 0 Å². The molecule has 4 rings (SSSR count). The molecule has 1 unspecified atom stereocenters. The number of hydrogen-bond acceptors (Lipinski definition) is 5. The van der Waals surface area contributed by atoms with Crippen molar-refractivity contribution >= 4 is 46.3 Å². The first-order chi connectivity index (χ1) is 18.0. The van der Waals surface area contributed by atoms with E-state index in [1.54, 1.807) is 11.0 Å². The summed E-state index contributed by atoms with van der Waals surface area (Å²) >= 11 is 1.44. The lowest BCUT2D eigenvalue weighted by molar-refractivity contribution is -0.384. The lowest BCUT2D eigenvalue weighted by atomic mass is 10.2. The van der Waals surface area contributed by atoms with Crippen LogP contribution in [0.1, 0.15) is 23.7 Å². The van der Waals surface area contributed by atoms with Crippen molar-refractivity contribution in [1.29, 1.82) is 0 Å². The second-order valence-corrected chi connectivity index (χ2v) is 9.42. The van der Waals surface area contributed by atoms with E-state index >= 15 is 0 Å². The van der Waals surface area contributed by atoms with Crippen molar-refractivity contribution in [2.24, 2.45) is 0 Å². The molecular weight excluding hydrogens is 486 g/mol. The molecule has 0 saturated heterocycles. The van der Waals surface area contributed by atoms with Crippen LogP contribution in [-0.4, -0.2) is 22.0 Å². The summed E-state index contributed by atoms with van der Waals surface area (Å²) in [5.74, 6) is -0.412. The minimum Gasteiger partial charge on any atom is -0.322 e. The number of nitro groups is 1. The fourth-order valence-electron chi connectivity index (χ4n) is 3.76. The van der Waals surface area contributed by atoms with Crippen LogP contribution in [0.15, 0.2) is 114 Å². The molecule has 1 N–H and O–H groups in total. The molecule has 0 fully saturated rings. The molecular formula is C29H25N3O4S. The van der Waals surface area contributed by atoms with E-state index in [2.05, 4.69) is 5.32 Å². The number of nitrogens with zero attached hydrogens (tertiary/aromatic N) is 2. The molecule has 37 heavy (non-hydrogen) atoms. The average Bonchev–Trinajstić information content (AvgIpc) is 2.93. The zero-order chi connectivity index (χ0) is 26.2. The maximum Gasteiger partial charge on any atom is 0.269 e. The molecule has 8 heteroatoms. The number of carbonyl (C=O) groups is 2. The number of carbonyl (C=O) groups excluding carboxylic acids is 2. The van der Waals surface area contributed by atoms with Crippen LogP contribution in [0.5, 0.6) is 0 Å². The Bertz CT molecular complexity index is 1340. The van der Waals surface area contributed by atoms with Crippen molar-refractivity contribution < 1.29 is 14.5 Å². The molecule has 7 nitrogen and oxygen atoms in total. The molecule has 0 bridgehead atoms. The number of anilines is 3. The van der Waals surface area contributed by atoms with Crippen molar-refractivity contribution in [1.82, 2.24) is 0 Å². The highest BCUT2D eigenvalue weighted by molar-refractivity contribution is 8.00. The second kappa shape index (κ2) is 12.0. The molecule has 1 atom stereocenters. The summed E-state index contributed by atoms with van der Waals surface area (Å²) in [6, 6.07) is 31.8. The van der Waals surface area contributed by atoms with Crippen LogP contribution >= 0.6 is 11.8 Å². The quantitative estimate of drug-likeness (QED) is 0.147. The van der Waals surface area contributed by atoms with Crippen LogP contribution in [0.4, 0.5) is 22.7 Å². The summed E-state index contributed by atoms with van der Waals surface area (Å²) < 4.78 is 0. The van der Waals surface area contributed by atoms with E-state index in [-0.39, 0.29) is 22.8 Å². The number of para-hydroxylation sites is 2. The summed E-state index contributed by atoms with van der Waals surface area (Å²) in [6.45, 7) is 1.98. The van der Waals surface area contributed by atoms with Gasteiger partial charge in [0.05, 0.1) is 10.2 Å². The fourth-order valence-corrected chi connectivity index (χ4v) is 4.81. The Labute approximate surface area is 219 Å². The van der Waals surface area contributed by atoms with Crippen LogP contribution in [-0.2, 0) is 4.79 Å². The van der Waals surface area contributed by atoms with Gasteiger partial charge in [-0.25, -0.2) is 0 Å². The zero-order valence-electron chi connectivity index (χ0n) is 20.1. The van der Waals surface area contributed by atoms with E-state index in [0.717, 1.165) is 16.3 Å². The summed E-state index contributed by atoms with van der Waals surface area (Å²) in [4.78, 5) is 39.4. The van der Waals surface area contributed by atoms with E-state index in [4.69, 9.17) is 0 Å². The van der Waals surface area contributed by atoms with Gasteiger partial charge in [0.1, 0.15) is 0 Å². The number of benzene rings is 4. The Hall–Kier alpha value is -4.43. The molecule has 0 aromatic heterocycles. The molecule has 186 valence electrons. The van der Waals surface area contributed by atoms with Crippen LogP contribution in [0.2, 0.25) is 0 Å². The van der Waals surface area contributed by atoms with Gasteiger partial charge in [-0.05, 0) is 61.0 Å². The van der Waals surface area contributed by atoms with Gasteiger partial charge >= 0.3 is 0 Å². The third kappa shape index (κ3) is 6.42. The first kappa shape index (κ1) is 25.7. The van der Waals surface area contributed by atoms with Crippen molar-refractivity contribution in [3.05, 3.63) is 125 Å². The highest BCUT2D eigenvalue weighted by Gasteiger charge is 2.26. The predicted molar refractivity (Wildman–Crippen MR) is 147 cm³/mol. The summed E-state index contributed by atoms with van der Waals surface area (Å²) in [6.07, 6.45) is 0.610. The number of thioether (sulfide) groups is 1. The van der Waals surface area contributed by atoms with Crippen molar-refractivity contribution in [2.75, 3.05) is 10.2 Å². The lowest BCUT2D eigenvalue weighted by Gasteiger charge is -2.27. The number of nitrogens with one attached hydrogen (secondary N) is 1. The number of amides is 2. The third-order valence-electron chi connectivity index (χ3n) is 5.61. The van der Waals surface area contributed by atoms with Gasteiger partial charge in [-0.15, -0.1) is 11.8 Å². The number of rotatable bonds is 9. The monoisotopic (exact) mass is 511 g/mol. The Morgan fingerprint density at radius 2 is 1.46 bits per heavy atom. The highest BCUT2D eigenvalue weighted by Crippen LogP contribution is 2.33. The van der Waals surface area contributed by atoms with E-state index in [0.29, 0.717) is 17.7 Å². The zero-order valence-corrected chi connectivity index (χ0v) is 20.9. The van der Waals surface area contributed by atoms with Crippen LogP contribution in [0.3, 0.4) is 0 Å². The van der Waals surface area contributed by atoms with E-state index in [1.807, 2.05) is 85.8 Å². The topological polar surface area (TPSA) is 92.5 Å². The minimum atomic E-state index is -0.509. The molecule has 0 aliphatic carbocycles. The lowest BCUT2D eigenvalue weighted by Crippen LogP contribution is -2.34. The average molecular weight is 512 g/mol. The van der Waals surface area contributed by atoms with E-state index in [1.165, 1.54) is 36.0 Å². The first-order valence-corrected chi connectivity index (χ1v) is 12.6. The van der Waals surface area contributed by atoms with Gasteiger partial charge in [-0.3, -0.25) is 24.6 Å². The molecule has 2 amide bonds. The van der Waals surface area contributed by atoms with Crippen LogP contribution in [0, 0.1) is 10.1 Å². The largest absolute Gasteiger partial charge is 0.322 e. The Kier molecular flexibility index (Phi) is 8.33. The van der Waals surface area contributed by atoms with Gasteiger partial charge in [0.25, 0.3) is 11.6 Å². The fraction of sp³-hybridized carbons (Fsp3) is 0.103. The normalized spacial score (nSPS) is 11.4. The molecule has 4 aromatic carbocycles. The van der Waals surface area contributed by atoms with Crippen LogP contribution in [0.25, 0.3) is 0 Å². The van der Waals surface area contributed by atoms with Gasteiger partial charge in [-0.1, -0.05) is 49.4 Å². The summed E-state index contributed by atoms with van der Waals surface area (Å²) in [5, 5.41) is 13.3. The molecule has 0 aliphatic rings. The van der Waals surface area contributed by atoms with Crippen LogP contribution < -0.4 is 10.2 Å². The number of non-ortho nitro benzene ring substituents is 1. The standard InChI is InChI=1S/C29H25N3O4S/c1-2-27(29(34)31(23-11-5-3-6-12-23)24-13-7-4-8-14-24)37-26-15-9-10-22(20-26)30-28(33)21-16-18-25(19-17-21)32(35)36/h3-20,27H,2H2,1H3,(H,30,33). The maximum absolute atomic E-state index is 13.8. The first-order valence-electron chi connectivity index (χ1n) is 11.7. The van der Waals surface area contributed by atoms with E-state index in [9.17, 15) is 19.7 Å². The van der Waals surface area contributed by atoms with Crippen molar-refractivity contribution in [2.45, 2.75) is 23.5 Å². The number of hydrogen-bond donors (Lipinski definition) is 1.